The molecule has 0 bridgehead atoms. The van der Waals surface area contributed by atoms with E-state index in [9.17, 15) is 0 Å². The van der Waals surface area contributed by atoms with Gasteiger partial charge in [0.1, 0.15) is 0 Å². The van der Waals surface area contributed by atoms with E-state index in [1.807, 2.05) is 0 Å². The molecule has 0 aliphatic heterocycles. The molecule has 0 aromatic heterocycles. The molecular weight excluding hydrogens is 565 g/mol. The van der Waals surface area contributed by atoms with Crippen molar-refractivity contribution in [3.05, 3.63) is 169 Å². The van der Waals surface area contributed by atoms with Crippen molar-refractivity contribution < 1.29 is 0 Å². The van der Waals surface area contributed by atoms with Crippen LogP contribution in [0.25, 0.3) is 87.2 Å². The summed E-state index contributed by atoms with van der Waals surface area (Å²) in [6.07, 6.45) is 0. The zero-order valence-electron chi connectivity index (χ0n) is 26.5. The molecule has 0 unspecified atom stereocenters. The Hall–Kier alpha value is -5.72. The Morgan fingerprint density at radius 2 is 0.915 bits per heavy atom. The van der Waals surface area contributed by atoms with E-state index in [0.29, 0.717) is 0 Å². The number of hydrogen-bond donors (Lipinski definition) is 0. The van der Waals surface area contributed by atoms with Gasteiger partial charge in [0.05, 0.1) is 0 Å². The molecule has 0 saturated carbocycles. The standard InChI is InChI=1S/C47H32/c1-47(2)43-26-25-38-37(36-18-9-14-29-11-3-6-15-33(29)36)19-10-20-39(38)46(43)41-24-22-32(28-44(41)47)45-35-17-8-5-13-31(35)27-42-34-16-7-4-12-30(34)21-23-40(42)45/h3-28H,1-2H3. The van der Waals surface area contributed by atoms with E-state index in [0.717, 1.165) is 0 Å². The van der Waals surface area contributed by atoms with Gasteiger partial charge in [0.2, 0.25) is 0 Å². The molecule has 1 aliphatic carbocycles. The molecule has 0 heteroatoms. The predicted molar refractivity (Wildman–Crippen MR) is 202 cm³/mol. The summed E-state index contributed by atoms with van der Waals surface area (Å²) < 4.78 is 0. The Kier molecular flexibility index (Phi) is 5.44. The molecule has 0 nitrogen and oxygen atoms in total. The SMILES string of the molecule is CC1(C)c2cc(-c3c4ccccc4cc4c3ccc3ccccc34)ccc2-c2c1ccc1c(-c3cccc4ccccc34)cccc21. The highest BCUT2D eigenvalue weighted by Crippen LogP contribution is 2.53. The first kappa shape index (κ1) is 26.5. The van der Waals surface area contributed by atoms with Crippen LogP contribution in [0.2, 0.25) is 0 Å². The average Bonchev–Trinajstić information content (AvgIpc) is 3.35. The lowest BCUT2D eigenvalue weighted by Gasteiger charge is -2.23. The van der Waals surface area contributed by atoms with Gasteiger partial charge in [-0.3, -0.25) is 0 Å². The van der Waals surface area contributed by atoms with Crippen LogP contribution in [0.5, 0.6) is 0 Å². The molecule has 1 aliphatic rings. The smallest absolute Gasteiger partial charge is 0.0159 e. The van der Waals surface area contributed by atoms with E-state index in [1.54, 1.807) is 0 Å². The Morgan fingerprint density at radius 1 is 0.319 bits per heavy atom. The van der Waals surface area contributed by atoms with Gasteiger partial charge in [-0.2, -0.15) is 0 Å². The van der Waals surface area contributed by atoms with Gasteiger partial charge >= 0.3 is 0 Å². The third-order valence-corrected chi connectivity index (χ3v) is 10.8. The first-order valence-electron chi connectivity index (χ1n) is 16.6. The van der Waals surface area contributed by atoms with Gasteiger partial charge < -0.3 is 0 Å². The van der Waals surface area contributed by atoms with Crippen molar-refractivity contribution >= 4 is 53.9 Å². The minimum atomic E-state index is -0.128. The van der Waals surface area contributed by atoms with Crippen LogP contribution in [0.15, 0.2) is 158 Å². The van der Waals surface area contributed by atoms with Gasteiger partial charge in [-0.25, -0.2) is 0 Å². The largest absolute Gasteiger partial charge is 0.0616 e. The molecule has 0 amide bonds. The van der Waals surface area contributed by atoms with Crippen LogP contribution in [0.4, 0.5) is 0 Å². The van der Waals surface area contributed by atoms with Crippen molar-refractivity contribution in [3.8, 4) is 33.4 Å². The van der Waals surface area contributed by atoms with Gasteiger partial charge in [-0.1, -0.05) is 159 Å². The predicted octanol–water partition coefficient (Wildman–Crippen LogP) is 13.1. The van der Waals surface area contributed by atoms with Gasteiger partial charge in [-0.15, -0.1) is 0 Å². The summed E-state index contributed by atoms with van der Waals surface area (Å²) in [5, 5.41) is 13.0. The Bertz CT molecular complexity index is 2750. The fraction of sp³-hybridized carbons (Fsp3) is 0.0638. The Morgan fingerprint density at radius 3 is 1.74 bits per heavy atom. The average molecular weight is 597 g/mol. The van der Waals surface area contributed by atoms with Crippen molar-refractivity contribution in [1.82, 2.24) is 0 Å². The second kappa shape index (κ2) is 9.64. The molecule has 220 valence electrons. The highest BCUT2D eigenvalue weighted by Gasteiger charge is 2.37. The minimum Gasteiger partial charge on any atom is -0.0616 e. The van der Waals surface area contributed by atoms with Gasteiger partial charge in [0.15, 0.2) is 0 Å². The molecule has 47 heavy (non-hydrogen) atoms. The summed E-state index contributed by atoms with van der Waals surface area (Å²) in [6, 6.07) is 58.9. The first-order valence-corrected chi connectivity index (χ1v) is 16.6. The lowest BCUT2D eigenvalue weighted by atomic mass is 9.80. The van der Waals surface area contributed by atoms with E-state index < -0.39 is 0 Å². The van der Waals surface area contributed by atoms with Gasteiger partial charge in [0, 0.05) is 5.41 Å². The summed E-state index contributed by atoms with van der Waals surface area (Å²) in [5.41, 5.74) is 10.6. The Labute approximate surface area is 274 Å². The van der Waals surface area contributed by atoms with E-state index in [-0.39, 0.29) is 5.41 Å². The van der Waals surface area contributed by atoms with Gasteiger partial charge in [-0.05, 0) is 111 Å². The second-order valence-corrected chi connectivity index (χ2v) is 13.7. The molecule has 0 saturated heterocycles. The maximum Gasteiger partial charge on any atom is 0.0159 e. The molecule has 9 aromatic carbocycles. The van der Waals surface area contributed by atoms with E-state index in [1.165, 1.54) is 98.4 Å². The fourth-order valence-corrected chi connectivity index (χ4v) is 8.58. The quantitative estimate of drug-likeness (QED) is 0.138. The highest BCUT2D eigenvalue weighted by atomic mass is 14.4. The Balaban J connectivity index is 1.22. The van der Waals surface area contributed by atoms with E-state index in [2.05, 4.69) is 172 Å². The third kappa shape index (κ3) is 3.70. The first-order chi connectivity index (χ1) is 23.1. The number of benzene rings is 9. The van der Waals surface area contributed by atoms with E-state index in [4.69, 9.17) is 0 Å². The molecule has 0 atom stereocenters. The molecule has 0 heterocycles. The molecule has 0 spiro atoms. The normalized spacial score (nSPS) is 13.5. The minimum absolute atomic E-state index is 0.128. The van der Waals surface area contributed by atoms with Crippen LogP contribution in [-0.4, -0.2) is 0 Å². The lowest BCUT2D eigenvalue weighted by Crippen LogP contribution is -2.15. The van der Waals surface area contributed by atoms with E-state index >= 15 is 0 Å². The molecule has 10 rings (SSSR count). The zero-order valence-corrected chi connectivity index (χ0v) is 26.5. The number of hydrogen-bond acceptors (Lipinski definition) is 0. The van der Waals surface area contributed by atoms with Crippen molar-refractivity contribution in [2.75, 3.05) is 0 Å². The zero-order chi connectivity index (χ0) is 31.3. The summed E-state index contributed by atoms with van der Waals surface area (Å²) in [4.78, 5) is 0. The van der Waals surface area contributed by atoms with Crippen molar-refractivity contribution in [3.63, 3.8) is 0 Å². The van der Waals surface area contributed by atoms with Crippen LogP contribution >= 0.6 is 0 Å². The fourth-order valence-electron chi connectivity index (χ4n) is 8.58. The third-order valence-electron chi connectivity index (χ3n) is 10.8. The summed E-state index contributed by atoms with van der Waals surface area (Å²) in [6.45, 7) is 4.80. The van der Waals surface area contributed by atoms with Crippen LogP contribution < -0.4 is 0 Å². The monoisotopic (exact) mass is 596 g/mol. The number of rotatable bonds is 2. The lowest BCUT2D eigenvalue weighted by molar-refractivity contribution is 0.661. The second-order valence-electron chi connectivity index (χ2n) is 13.7. The van der Waals surface area contributed by atoms with Crippen LogP contribution in [-0.2, 0) is 5.41 Å². The summed E-state index contributed by atoms with van der Waals surface area (Å²) in [5.74, 6) is 0. The molecule has 9 aromatic rings. The van der Waals surface area contributed by atoms with Crippen molar-refractivity contribution in [1.29, 1.82) is 0 Å². The van der Waals surface area contributed by atoms with Crippen LogP contribution in [0, 0.1) is 0 Å². The van der Waals surface area contributed by atoms with Crippen LogP contribution in [0.1, 0.15) is 25.0 Å². The highest BCUT2D eigenvalue weighted by molar-refractivity contribution is 6.20. The molecule has 0 fully saturated rings. The van der Waals surface area contributed by atoms with Crippen molar-refractivity contribution in [2.45, 2.75) is 19.3 Å². The van der Waals surface area contributed by atoms with Gasteiger partial charge in [0.25, 0.3) is 0 Å². The van der Waals surface area contributed by atoms with Crippen LogP contribution in [0.3, 0.4) is 0 Å². The molecular formula is C47H32. The maximum absolute atomic E-state index is 2.49. The summed E-state index contributed by atoms with van der Waals surface area (Å²) in [7, 11) is 0. The topological polar surface area (TPSA) is 0 Å². The van der Waals surface area contributed by atoms with Crippen molar-refractivity contribution in [2.24, 2.45) is 0 Å². The number of fused-ring (bicyclic) bond motifs is 10. The maximum atomic E-state index is 2.49. The summed E-state index contributed by atoms with van der Waals surface area (Å²) >= 11 is 0. The molecule has 0 N–H and O–H groups in total. The molecule has 0 radical (unpaired) electrons.